The van der Waals surface area contributed by atoms with Crippen molar-refractivity contribution in [3.8, 4) is 0 Å². The quantitative estimate of drug-likeness (QED) is 0.624. The summed E-state index contributed by atoms with van der Waals surface area (Å²) in [4.78, 5) is 30.4. The molecule has 146 valence electrons. The maximum atomic E-state index is 13.2. The van der Waals surface area contributed by atoms with Crippen LogP contribution in [0, 0.1) is 0 Å². The number of rotatable bonds is 5. The van der Waals surface area contributed by atoms with Crippen LogP contribution in [0.1, 0.15) is 23.1 Å². The van der Waals surface area contributed by atoms with Crippen molar-refractivity contribution in [1.82, 2.24) is 15.1 Å². The molecular weight excluding hydrogens is 370 g/mol. The number of urea groups is 1. The van der Waals surface area contributed by atoms with Crippen molar-refractivity contribution in [3.63, 3.8) is 0 Å². The molecule has 0 bridgehead atoms. The summed E-state index contributed by atoms with van der Waals surface area (Å²) in [5, 5.41) is 3.00. The van der Waals surface area contributed by atoms with Crippen molar-refractivity contribution in [2.45, 2.75) is 36.2 Å². The Hall–Kier alpha value is -2.31. The number of nitrogens with zero attached hydrogens (tertiary/aromatic N) is 2. The molecule has 0 saturated carbocycles. The second kappa shape index (κ2) is 7.60. The predicted molar refractivity (Wildman–Crippen MR) is 111 cm³/mol. The second-order valence-corrected chi connectivity index (χ2v) is 8.57. The summed E-state index contributed by atoms with van der Waals surface area (Å²) in [5.41, 5.74) is 2.81. The number of benzene rings is 2. The van der Waals surface area contributed by atoms with E-state index in [1.165, 1.54) is 15.4 Å². The van der Waals surface area contributed by atoms with Crippen molar-refractivity contribution < 1.29 is 9.59 Å². The smallest absolute Gasteiger partial charge is 0.323 e. The third-order valence-electron chi connectivity index (χ3n) is 5.67. The number of amides is 3. The number of carbonyl (C=O) groups is 2. The number of imide groups is 1. The molecule has 1 unspecified atom stereocenters. The van der Waals surface area contributed by atoms with Gasteiger partial charge in [-0.05, 0) is 55.0 Å². The minimum atomic E-state index is -0.785. The van der Waals surface area contributed by atoms with Gasteiger partial charge in [-0.1, -0.05) is 36.4 Å². The first kappa shape index (κ1) is 19.0. The number of carbonyl (C=O) groups excluding carboxylic acids is 2. The van der Waals surface area contributed by atoms with E-state index in [-0.39, 0.29) is 11.9 Å². The van der Waals surface area contributed by atoms with Gasteiger partial charge >= 0.3 is 6.03 Å². The van der Waals surface area contributed by atoms with Crippen LogP contribution < -0.4 is 5.32 Å². The number of fused-ring (bicyclic) bond motifs is 1. The first-order chi connectivity index (χ1) is 13.5. The maximum Gasteiger partial charge on any atom is 0.326 e. The Balaban J connectivity index is 1.44. The standard InChI is InChI=1S/C22H25N3O2S/c1-24(14-16-7-9-19(28-2)10-8-16)15-25-20(26)22(23-21(25)27)12-11-17-5-3-4-6-18(17)13-22/h3-10H,11-15H2,1-2H3,(H,23,27). The Bertz CT molecular complexity index is 899. The summed E-state index contributed by atoms with van der Waals surface area (Å²) >= 11 is 1.71. The summed E-state index contributed by atoms with van der Waals surface area (Å²) in [6.45, 7) is 0.972. The molecule has 3 amide bonds. The number of nitrogens with one attached hydrogen (secondary N) is 1. The Labute approximate surface area is 170 Å². The molecule has 2 aromatic carbocycles. The Morgan fingerprint density at radius 1 is 1.11 bits per heavy atom. The van der Waals surface area contributed by atoms with Crippen molar-refractivity contribution in [2.24, 2.45) is 0 Å². The van der Waals surface area contributed by atoms with Gasteiger partial charge in [0.1, 0.15) is 5.54 Å². The molecule has 2 aliphatic rings. The molecule has 28 heavy (non-hydrogen) atoms. The van der Waals surface area contributed by atoms with Crippen LogP contribution in [-0.2, 0) is 24.2 Å². The number of hydrogen-bond acceptors (Lipinski definition) is 4. The van der Waals surface area contributed by atoms with Gasteiger partial charge in [0.25, 0.3) is 5.91 Å². The maximum absolute atomic E-state index is 13.2. The Morgan fingerprint density at radius 2 is 1.82 bits per heavy atom. The summed E-state index contributed by atoms with van der Waals surface area (Å²) in [5.74, 6) is -0.100. The van der Waals surface area contributed by atoms with Gasteiger partial charge in [0, 0.05) is 17.9 Å². The van der Waals surface area contributed by atoms with Crippen molar-refractivity contribution in [1.29, 1.82) is 0 Å². The molecule has 1 atom stereocenters. The highest BCUT2D eigenvalue weighted by Crippen LogP contribution is 2.33. The zero-order valence-corrected chi connectivity index (χ0v) is 17.1. The molecule has 1 aliphatic carbocycles. The van der Waals surface area contributed by atoms with E-state index in [2.05, 4.69) is 48.0 Å². The molecular formula is C22H25N3O2S. The molecule has 1 aliphatic heterocycles. The lowest BCUT2D eigenvalue weighted by Gasteiger charge is -2.32. The molecule has 0 aromatic heterocycles. The fraction of sp³-hybridized carbons (Fsp3) is 0.364. The van der Waals surface area contributed by atoms with Crippen LogP contribution in [0.25, 0.3) is 0 Å². The lowest BCUT2D eigenvalue weighted by atomic mass is 9.78. The van der Waals surface area contributed by atoms with Gasteiger partial charge < -0.3 is 5.32 Å². The lowest BCUT2D eigenvalue weighted by Crippen LogP contribution is -2.51. The van der Waals surface area contributed by atoms with Gasteiger partial charge in [-0.2, -0.15) is 0 Å². The molecule has 1 spiro atoms. The van der Waals surface area contributed by atoms with Gasteiger partial charge in [-0.25, -0.2) is 9.69 Å². The zero-order valence-electron chi connectivity index (χ0n) is 16.3. The normalized spacial score (nSPS) is 21.3. The number of aryl methyl sites for hydroxylation is 1. The SMILES string of the molecule is CSc1ccc(CN(C)CN2C(=O)NC3(CCc4ccccc4C3)C2=O)cc1. The van der Waals surface area contributed by atoms with Crippen LogP contribution in [0.4, 0.5) is 4.79 Å². The highest BCUT2D eigenvalue weighted by atomic mass is 32.2. The van der Waals surface area contributed by atoms with Crippen molar-refractivity contribution in [2.75, 3.05) is 20.0 Å². The number of hydrogen-bond donors (Lipinski definition) is 1. The molecule has 5 nitrogen and oxygen atoms in total. The minimum Gasteiger partial charge on any atom is -0.323 e. The second-order valence-electron chi connectivity index (χ2n) is 7.69. The van der Waals surface area contributed by atoms with Crippen LogP contribution in [0.15, 0.2) is 53.4 Å². The van der Waals surface area contributed by atoms with E-state index >= 15 is 0 Å². The van der Waals surface area contributed by atoms with E-state index in [1.807, 2.05) is 24.1 Å². The van der Waals surface area contributed by atoms with Crippen molar-refractivity contribution >= 4 is 23.7 Å². The van der Waals surface area contributed by atoms with Crippen LogP contribution in [0.5, 0.6) is 0 Å². The molecule has 1 saturated heterocycles. The predicted octanol–water partition coefficient (Wildman–Crippen LogP) is 3.28. The Kier molecular flexibility index (Phi) is 5.17. The van der Waals surface area contributed by atoms with Crippen LogP contribution >= 0.6 is 11.8 Å². The molecule has 0 radical (unpaired) electrons. The van der Waals surface area contributed by atoms with E-state index in [0.29, 0.717) is 26.1 Å². The fourth-order valence-corrected chi connectivity index (χ4v) is 4.57. The molecule has 1 fully saturated rings. The van der Waals surface area contributed by atoms with Crippen molar-refractivity contribution in [3.05, 3.63) is 65.2 Å². The monoisotopic (exact) mass is 395 g/mol. The third-order valence-corrected chi connectivity index (χ3v) is 6.42. The van der Waals surface area contributed by atoms with Gasteiger partial charge in [0.15, 0.2) is 0 Å². The highest BCUT2D eigenvalue weighted by molar-refractivity contribution is 7.98. The highest BCUT2D eigenvalue weighted by Gasteiger charge is 2.52. The summed E-state index contributed by atoms with van der Waals surface area (Å²) in [7, 11) is 1.93. The van der Waals surface area contributed by atoms with E-state index in [0.717, 1.165) is 17.5 Å². The molecule has 6 heteroatoms. The van der Waals surface area contributed by atoms with E-state index in [1.54, 1.807) is 11.8 Å². The van der Waals surface area contributed by atoms with Crippen LogP contribution in [0.3, 0.4) is 0 Å². The largest absolute Gasteiger partial charge is 0.326 e. The van der Waals surface area contributed by atoms with E-state index < -0.39 is 5.54 Å². The van der Waals surface area contributed by atoms with Crippen LogP contribution in [-0.4, -0.2) is 47.2 Å². The van der Waals surface area contributed by atoms with Gasteiger partial charge in [0.2, 0.25) is 0 Å². The fourth-order valence-electron chi connectivity index (χ4n) is 4.16. The molecule has 1 N–H and O–H groups in total. The first-order valence-electron chi connectivity index (χ1n) is 9.53. The average molecular weight is 396 g/mol. The molecule has 4 rings (SSSR count). The van der Waals surface area contributed by atoms with Gasteiger partial charge in [-0.3, -0.25) is 9.69 Å². The van der Waals surface area contributed by atoms with E-state index in [4.69, 9.17) is 0 Å². The zero-order chi connectivity index (χ0) is 19.7. The lowest BCUT2D eigenvalue weighted by molar-refractivity contribution is -0.133. The third kappa shape index (κ3) is 3.54. The summed E-state index contributed by atoms with van der Waals surface area (Å²) in [6, 6.07) is 16.3. The Morgan fingerprint density at radius 3 is 2.54 bits per heavy atom. The molecule has 1 heterocycles. The van der Waals surface area contributed by atoms with Gasteiger partial charge in [-0.15, -0.1) is 11.8 Å². The van der Waals surface area contributed by atoms with Gasteiger partial charge in [0.05, 0.1) is 6.67 Å². The number of thioether (sulfide) groups is 1. The summed E-state index contributed by atoms with van der Waals surface area (Å²) < 4.78 is 0. The van der Waals surface area contributed by atoms with Crippen LogP contribution in [0.2, 0.25) is 0 Å². The average Bonchev–Trinajstić information content (AvgIpc) is 2.92. The molecule has 2 aromatic rings. The minimum absolute atomic E-state index is 0.100. The summed E-state index contributed by atoms with van der Waals surface area (Å²) in [6.07, 6.45) is 4.10. The topological polar surface area (TPSA) is 52.6 Å². The first-order valence-corrected chi connectivity index (χ1v) is 10.8. The van der Waals surface area contributed by atoms with E-state index in [9.17, 15) is 9.59 Å².